The van der Waals surface area contributed by atoms with E-state index in [4.69, 9.17) is 14.5 Å². The van der Waals surface area contributed by atoms with Gasteiger partial charge in [0.2, 0.25) is 0 Å². The Balaban J connectivity index is 1.72. The number of nitriles is 1. The second-order valence-electron chi connectivity index (χ2n) is 8.62. The van der Waals surface area contributed by atoms with Crippen molar-refractivity contribution in [3.8, 4) is 17.6 Å². The number of ether oxygens (including phenoxy) is 2. The summed E-state index contributed by atoms with van der Waals surface area (Å²) < 4.78 is 15.0. The molecule has 0 radical (unpaired) electrons. The fourth-order valence-electron chi connectivity index (χ4n) is 3.87. The van der Waals surface area contributed by atoms with Gasteiger partial charge in [-0.1, -0.05) is 48.0 Å². The van der Waals surface area contributed by atoms with E-state index in [9.17, 15) is 10.1 Å². The molecular weight excluding hydrogens is 659 g/mol. The van der Waals surface area contributed by atoms with Gasteiger partial charge in [-0.25, -0.2) is 4.98 Å². The lowest BCUT2D eigenvalue weighted by Gasteiger charge is -2.16. The van der Waals surface area contributed by atoms with Gasteiger partial charge in [0.15, 0.2) is 11.5 Å². The van der Waals surface area contributed by atoms with Gasteiger partial charge in [0.05, 0.1) is 38.9 Å². The van der Waals surface area contributed by atoms with E-state index in [-0.39, 0.29) is 18.1 Å². The highest BCUT2D eigenvalue weighted by molar-refractivity contribution is 14.1. The largest absolute Gasteiger partial charge is 0.490 e. The molecule has 0 aliphatic carbocycles. The van der Waals surface area contributed by atoms with Gasteiger partial charge in [-0.05, 0) is 77.9 Å². The van der Waals surface area contributed by atoms with E-state index < -0.39 is 0 Å². The second-order valence-corrected chi connectivity index (χ2v) is 10.7. The van der Waals surface area contributed by atoms with Crippen LogP contribution < -0.4 is 15.0 Å². The monoisotopic (exact) mass is 684 g/mol. The first kappa shape index (κ1) is 27.8. The maximum Gasteiger partial charge on any atom is 0.282 e. The topological polar surface area (TPSA) is 89.5 Å². The van der Waals surface area contributed by atoms with Crippen molar-refractivity contribution in [1.29, 1.82) is 5.26 Å². The number of nitrogens with zero attached hydrogens (tertiary/aromatic N) is 4. The summed E-state index contributed by atoms with van der Waals surface area (Å²) in [6.07, 6.45) is 2.45. The molecule has 0 bridgehead atoms. The third-order valence-corrected chi connectivity index (χ3v) is 7.34. The van der Waals surface area contributed by atoms with Crippen molar-refractivity contribution in [1.82, 2.24) is 9.66 Å². The van der Waals surface area contributed by atoms with Crippen LogP contribution in [0.25, 0.3) is 10.9 Å². The first-order valence-electron chi connectivity index (χ1n) is 12.2. The fraction of sp³-hybridized carbons (Fsp3) is 0.241. The average Bonchev–Trinajstić information content (AvgIpc) is 2.92. The molecule has 0 aliphatic rings. The molecule has 0 aliphatic heterocycles. The number of hydrogen-bond acceptors (Lipinski definition) is 6. The normalized spacial score (nSPS) is 12.0. The SMILES string of the molecule is CCOc1cc(C=Nn2c([C@@H](C)CC)nc3ccc(Br)cc3c2=O)cc(I)c1OCc1ccccc1C#N. The molecular formula is C29H26BrIN4O3. The van der Waals surface area contributed by atoms with Crippen LogP contribution in [0.2, 0.25) is 0 Å². The Morgan fingerprint density at radius 3 is 2.71 bits per heavy atom. The standard InChI is InChI=1S/C29H26BrIN4O3/c1-4-18(3)28-34-25-11-10-22(30)14-23(25)29(36)35(28)33-16-19-12-24(31)27(26(13-19)37-5-2)38-17-21-9-7-6-8-20(21)15-32/h6-14,16,18H,4-5,17H2,1-3H3/t18-/m0/s1. The zero-order valence-corrected chi connectivity index (χ0v) is 25.0. The summed E-state index contributed by atoms with van der Waals surface area (Å²) in [6, 6.07) is 18.8. The lowest BCUT2D eigenvalue weighted by Crippen LogP contribution is -2.23. The number of halogens is 2. The van der Waals surface area contributed by atoms with Crippen LogP contribution >= 0.6 is 38.5 Å². The quantitative estimate of drug-likeness (QED) is 0.140. The molecule has 1 heterocycles. The molecule has 7 nitrogen and oxygen atoms in total. The zero-order chi connectivity index (χ0) is 27.2. The van der Waals surface area contributed by atoms with Gasteiger partial charge in [0.25, 0.3) is 5.56 Å². The average molecular weight is 685 g/mol. The molecule has 0 unspecified atom stereocenters. The summed E-state index contributed by atoms with van der Waals surface area (Å²) in [6.45, 7) is 6.67. The van der Waals surface area contributed by atoms with E-state index in [0.29, 0.717) is 40.4 Å². The first-order valence-corrected chi connectivity index (χ1v) is 14.1. The maximum absolute atomic E-state index is 13.4. The van der Waals surface area contributed by atoms with Crippen molar-refractivity contribution in [2.45, 2.75) is 39.7 Å². The Morgan fingerprint density at radius 1 is 1.18 bits per heavy atom. The lowest BCUT2D eigenvalue weighted by atomic mass is 10.1. The molecule has 3 aromatic carbocycles. The maximum atomic E-state index is 13.4. The molecule has 0 N–H and O–H groups in total. The van der Waals surface area contributed by atoms with Gasteiger partial charge in [0.1, 0.15) is 12.4 Å². The van der Waals surface area contributed by atoms with Crippen LogP contribution in [0.3, 0.4) is 0 Å². The van der Waals surface area contributed by atoms with Gasteiger partial charge < -0.3 is 9.47 Å². The van der Waals surface area contributed by atoms with Crippen LogP contribution in [0.15, 0.2) is 69.0 Å². The predicted octanol–water partition coefficient (Wildman–Crippen LogP) is 7.01. The molecule has 0 spiro atoms. The Hall–Kier alpha value is -3.23. The lowest BCUT2D eigenvalue weighted by molar-refractivity contribution is 0.267. The van der Waals surface area contributed by atoms with Crippen molar-refractivity contribution in [2.24, 2.45) is 5.10 Å². The minimum Gasteiger partial charge on any atom is -0.490 e. The van der Waals surface area contributed by atoms with E-state index in [1.807, 2.05) is 56.3 Å². The van der Waals surface area contributed by atoms with Crippen molar-refractivity contribution in [2.75, 3.05) is 6.61 Å². The Kier molecular flexibility index (Phi) is 9.17. The highest BCUT2D eigenvalue weighted by Gasteiger charge is 2.17. The van der Waals surface area contributed by atoms with Crippen LogP contribution in [-0.2, 0) is 6.61 Å². The molecule has 194 valence electrons. The number of rotatable bonds is 9. The predicted molar refractivity (Wildman–Crippen MR) is 161 cm³/mol. The van der Waals surface area contributed by atoms with E-state index in [2.05, 4.69) is 56.6 Å². The second kappa shape index (κ2) is 12.5. The number of fused-ring (bicyclic) bond motifs is 1. The fourth-order valence-corrected chi connectivity index (χ4v) is 5.02. The molecule has 0 saturated heterocycles. The van der Waals surface area contributed by atoms with Crippen LogP contribution in [0.1, 0.15) is 55.6 Å². The van der Waals surface area contributed by atoms with E-state index in [0.717, 1.165) is 25.6 Å². The molecule has 0 fully saturated rings. The van der Waals surface area contributed by atoms with Crippen LogP contribution in [0.4, 0.5) is 0 Å². The molecule has 4 rings (SSSR count). The van der Waals surface area contributed by atoms with E-state index in [1.165, 1.54) is 4.68 Å². The highest BCUT2D eigenvalue weighted by atomic mass is 127. The van der Waals surface area contributed by atoms with Gasteiger partial charge in [0, 0.05) is 16.0 Å². The van der Waals surface area contributed by atoms with Gasteiger partial charge >= 0.3 is 0 Å². The summed E-state index contributed by atoms with van der Waals surface area (Å²) in [4.78, 5) is 18.2. The molecule has 4 aromatic rings. The summed E-state index contributed by atoms with van der Waals surface area (Å²) >= 11 is 5.64. The minimum absolute atomic E-state index is 0.0408. The van der Waals surface area contributed by atoms with Gasteiger partial charge in [-0.3, -0.25) is 4.79 Å². The Labute approximate surface area is 243 Å². The van der Waals surface area contributed by atoms with Crippen molar-refractivity contribution < 1.29 is 9.47 Å². The molecule has 0 saturated carbocycles. The zero-order valence-electron chi connectivity index (χ0n) is 21.2. The minimum atomic E-state index is -0.223. The summed E-state index contributed by atoms with van der Waals surface area (Å²) in [5, 5.41) is 14.5. The third-order valence-electron chi connectivity index (χ3n) is 6.05. The smallest absolute Gasteiger partial charge is 0.282 e. The Morgan fingerprint density at radius 2 is 1.97 bits per heavy atom. The van der Waals surface area contributed by atoms with Crippen molar-refractivity contribution in [3.05, 3.63) is 95.5 Å². The van der Waals surface area contributed by atoms with Crippen molar-refractivity contribution >= 4 is 55.6 Å². The number of benzene rings is 3. The molecule has 1 aromatic heterocycles. The number of aromatic nitrogens is 2. The van der Waals surface area contributed by atoms with Crippen LogP contribution in [0, 0.1) is 14.9 Å². The molecule has 0 amide bonds. The molecule has 1 atom stereocenters. The van der Waals surface area contributed by atoms with Crippen LogP contribution in [0.5, 0.6) is 11.5 Å². The van der Waals surface area contributed by atoms with Gasteiger partial charge in [-0.15, -0.1) is 0 Å². The first-order chi connectivity index (χ1) is 18.4. The van der Waals surface area contributed by atoms with Crippen molar-refractivity contribution in [3.63, 3.8) is 0 Å². The van der Waals surface area contributed by atoms with Gasteiger partial charge in [-0.2, -0.15) is 15.0 Å². The highest BCUT2D eigenvalue weighted by Crippen LogP contribution is 2.35. The van der Waals surface area contributed by atoms with E-state index >= 15 is 0 Å². The third kappa shape index (κ3) is 6.08. The van der Waals surface area contributed by atoms with E-state index in [1.54, 1.807) is 18.3 Å². The summed E-state index contributed by atoms with van der Waals surface area (Å²) in [5.41, 5.74) is 2.54. The Bertz CT molecular complexity index is 1610. The van der Waals surface area contributed by atoms with Crippen LogP contribution in [-0.4, -0.2) is 22.5 Å². The number of hydrogen-bond donors (Lipinski definition) is 0. The summed E-state index contributed by atoms with van der Waals surface area (Å²) in [7, 11) is 0. The molecule has 9 heteroatoms. The summed E-state index contributed by atoms with van der Waals surface area (Å²) in [5.74, 6) is 1.80. The molecule has 38 heavy (non-hydrogen) atoms.